The zero-order valence-corrected chi connectivity index (χ0v) is 15.5. The van der Waals surface area contributed by atoms with E-state index in [0.29, 0.717) is 0 Å². The molecule has 3 fully saturated rings. The van der Waals surface area contributed by atoms with E-state index in [0.717, 1.165) is 6.08 Å². The number of aliphatic hydroxyl groups is 3. The largest absolute Gasteiger partial charge is 0.390 e. The maximum atomic E-state index is 17.0. The molecule has 0 aromatic rings. The Kier molecular flexibility index (Phi) is 3.21. The molecule has 0 aromatic heterocycles. The van der Waals surface area contributed by atoms with E-state index in [9.17, 15) is 24.9 Å². The first-order valence-corrected chi connectivity index (χ1v) is 9.39. The minimum Gasteiger partial charge on any atom is -0.390 e. The third-order valence-corrected chi connectivity index (χ3v) is 7.94. The molecule has 0 spiro atoms. The van der Waals surface area contributed by atoms with Crippen molar-refractivity contribution in [3.63, 3.8) is 0 Å². The molecule has 7 atom stereocenters. The van der Waals surface area contributed by atoms with Gasteiger partial charge in [0, 0.05) is 19.5 Å². The van der Waals surface area contributed by atoms with Gasteiger partial charge in [-0.3, -0.25) is 9.59 Å². The maximum Gasteiger partial charge on any atom is 0.190 e. The summed E-state index contributed by atoms with van der Waals surface area (Å²) in [6.45, 7) is 2.13. The molecule has 27 heavy (non-hydrogen) atoms. The fourth-order valence-corrected chi connectivity index (χ4v) is 6.32. The Hall–Kier alpha value is -1.37. The lowest BCUT2D eigenvalue weighted by molar-refractivity contribution is -0.217. The van der Waals surface area contributed by atoms with E-state index in [4.69, 9.17) is 4.11 Å². The van der Waals surface area contributed by atoms with Gasteiger partial charge in [-0.05, 0) is 57.0 Å². The molecule has 1 unspecified atom stereocenters. The first kappa shape index (κ1) is 15.5. The second-order valence-corrected chi connectivity index (χ2v) is 8.88. The number of carbonyl (C=O) groups is 2. The Bertz CT molecular complexity index is 903. The number of ketones is 2. The molecule has 4 rings (SSSR count). The second kappa shape index (κ2) is 5.58. The highest BCUT2D eigenvalue weighted by atomic mass is 19.1. The zero-order valence-electron chi connectivity index (χ0n) is 18.5. The summed E-state index contributed by atoms with van der Waals surface area (Å²) < 4.78 is 42.3. The third-order valence-electron chi connectivity index (χ3n) is 7.94. The smallest absolute Gasteiger partial charge is 0.190 e. The first-order chi connectivity index (χ1) is 13.7. The van der Waals surface area contributed by atoms with E-state index in [1.807, 2.05) is 0 Å². The van der Waals surface area contributed by atoms with Gasteiger partial charge in [-0.1, -0.05) is 18.6 Å². The molecular formula is C21H27FO5. The van der Waals surface area contributed by atoms with Gasteiger partial charge in [-0.15, -0.1) is 0 Å². The van der Waals surface area contributed by atoms with Gasteiger partial charge in [0.15, 0.2) is 17.2 Å². The van der Waals surface area contributed by atoms with Gasteiger partial charge >= 0.3 is 0 Å². The van der Waals surface area contributed by atoms with Gasteiger partial charge in [0.05, 0.1) is 7.47 Å². The highest BCUT2D eigenvalue weighted by molar-refractivity contribution is 6.01. The monoisotopic (exact) mass is 381 g/mol. The number of Topliss-reactive ketones (excluding diaryl/α,β-unsaturated/α-hetero) is 1. The van der Waals surface area contributed by atoms with Crippen LogP contribution in [0.25, 0.3) is 0 Å². The number of hydrogen-bond acceptors (Lipinski definition) is 5. The Morgan fingerprint density at radius 2 is 2.11 bits per heavy atom. The van der Waals surface area contributed by atoms with E-state index in [1.165, 1.54) is 13.0 Å². The summed E-state index contributed by atoms with van der Waals surface area (Å²) >= 11 is 0. The Labute approximate surface area is 162 Å². The van der Waals surface area contributed by atoms with Crippen molar-refractivity contribution >= 4 is 11.6 Å². The minimum absolute atomic E-state index is 0.00666. The molecule has 4 aliphatic rings. The van der Waals surface area contributed by atoms with Gasteiger partial charge in [0.25, 0.3) is 0 Å². The van der Waals surface area contributed by atoms with Gasteiger partial charge in [-0.2, -0.15) is 0 Å². The second-order valence-electron chi connectivity index (χ2n) is 8.88. The van der Waals surface area contributed by atoms with Crippen molar-refractivity contribution in [2.24, 2.45) is 22.7 Å². The van der Waals surface area contributed by atoms with E-state index in [-0.39, 0.29) is 31.3 Å². The summed E-state index contributed by atoms with van der Waals surface area (Å²) in [6, 6.07) is -0.584. The SMILES string of the molecule is [2H]C1=C2C([2H])([2H])C[C@H]3[C@@H]4CC[C@](O)(C(=O)CO)C4(C)C[C@H](O)[C@]3(F)[C@@]2(C)C=CC1=O. The molecule has 148 valence electrons. The van der Waals surface area contributed by atoms with E-state index in [2.05, 4.69) is 0 Å². The number of halogens is 1. The van der Waals surface area contributed by atoms with E-state index >= 15 is 4.39 Å². The van der Waals surface area contributed by atoms with Gasteiger partial charge in [-0.25, -0.2) is 4.39 Å². The van der Waals surface area contributed by atoms with Crippen molar-refractivity contribution < 1.29 is 33.4 Å². The maximum absolute atomic E-state index is 17.0. The summed E-state index contributed by atoms with van der Waals surface area (Å²) in [5, 5.41) is 31.7. The predicted octanol–water partition coefficient (Wildman–Crippen LogP) is 1.65. The number of hydrogen-bond donors (Lipinski definition) is 3. The van der Waals surface area contributed by atoms with Crippen molar-refractivity contribution in [3.05, 3.63) is 23.8 Å². The number of fused-ring (bicyclic) bond motifs is 5. The van der Waals surface area contributed by atoms with Crippen LogP contribution in [0.2, 0.25) is 0 Å². The lowest BCUT2D eigenvalue weighted by atomic mass is 9.44. The van der Waals surface area contributed by atoms with Crippen molar-refractivity contribution in [2.75, 3.05) is 6.61 Å². The molecule has 0 heterocycles. The van der Waals surface area contributed by atoms with Gasteiger partial charge in [0.1, 0.15) is 12.2 Å². The standard InChI is InChI=1S/C21H27FO5/c1-18-7-5-13(24)9-12(18)3-4-15-14-6-8-20(27,17(26)11-23)19(14,2)10-16(25)21(15,18)22/h5,7,9,14-16,23,25,27H,3-4,6,8,10-11H2,1-2H3/t14-,15-,16-,18-,19?,20-,21-/m0/s1/i3D2,9D. The molecule has 0 aliphatic heterocycles. The van der Waals surface area contributed by atoms with Crippen LogP contribution in [-0.4, -0.2) is 50.9 Å². The molecule has 0 aromatic carbocycles. The average Bonchev–Trinajstić information content (AvgIpc) is 2.92. The lowest BCUT2D eigenvalue weighted by Gasteiger charge is -2.62. The molecule has 0 amide bonds. The fourth-order valence-electron chi connectivity index (χ4n) is 6.32. The summed E-state index contributed by atoms with van der Waals surface area (Å²) in [5.74, 6) is -3.16. The van der Waals surface area contributed by atoms with Crippen LogP contribution >= 0.6 is 0 Å². The molecular weight excluding hydrogens is 351 g/mol. The summed E-state index contributed by atoms with van der Waals surface area (Å²) in [7, 11) is 0. The lowest BCUT2D eigenvalue weighted by Crippen LogP contribution is -2.69. The summed E-state index contributed by atoms with van der Waals surface area (Å²) in [4.78, 5) is 24.5. The van der Waals surface area contributed by atoms with Crippen LogP contribution in [0.15, 0.2) is 23.8 Å². The van der Waals surface area contributed by atoms with Crippen LogP contribution in [0, 0.1) is 22.7 Å². The van der Waals surface area contributed by atoms with Crippen molar-refractivity contribution in [1.29, 1.82) is 0 Å². The van der Waals surface area contributed by atoms with Crippen LogP contribution in [0.3, 0.4) is 0 Å². The van der Waals surface area contributed by atoms with Gasteiger partial charge in [0.2, 0.25) is 0 Å². The van der Waals surface area contributed by atoms with Crippen molar-refractivity contribution in [3.8, 4) is 0 Å². The van der Waals surface area contributed by atoms with Crippen LogP contribution < -0.4 is 0 Å². The molecule has 0 saturated heterocycles. The Balaban J connectivity index is 1.91. The number of rotatable bonds is 2. The van der Waals surface area contributed by atoms with Crippen molar-refractivity contribution in [2.45, 2.75) is 63.3 Å². The van der Waals surface area contributed by atoms with Gasteiger partial charge < -0.3 is 15.3 Å². The third kappa shape index (κ3) is 2.04. The molecule has 3 N–H and O–H groups in total. The highest BCUT2D eigenvalue weighted by Gasteiger charge is 2.73. The van der Waals surface area contributed by atoms with Crippen LogP contribution in [0.1, 0.15) is 50.0 Å². The van der Waals surface area contributed by atoms with E-state index in [1.54, 1.807) is 6.92 Å². The Morgan fingerprint density at radius 3 is 2.78 bits per heavy atom. The van der Waals surface area contributed by atoms with Crippen molar-refractivity contribution in [1.82, 2.24) is 0 Å². The first-order valence-electron chi connectivity index (χ1n) is 10.9. The normalized spacial score (nSPS) is 55.1. The molecule has 5 nitrogen and oxygen atoms in total. The quantitative estimate of drug-likeness (QED) is 0.676. The molecule has 3 saturated carbocycles. The zero-order chi connectivity index (χ0) is 22.5. The van der Waals surface area contributed by atoms with Crippen LogP contribution in [-0.2, 0) is 9.59 Å². The van der Waals surface area contributed by atoms with Crippen LogP contribution in [0.4, 0.5) is 4.39 Å². The summed E-state index contributed by atoms with van der Waals surface area (Å²) in [6.07, 6.45) is -1.91. The molecule has 0 bridgehead atoms. The molecule has 6 heteroatoms. The fraction of sp³-hybridized carbons (Fsp3) is 0.714. The molecule has 4 aliphatic carbocycles. The Morgan fingerprint density at radius 1 is 1.41 bits per heavy atom. The number of allylic oxidation sites excluding steroid dienone is 4. The topological polar surface area (TPSA) is 94.8 Å². The number of aliphatic hydroxyl groups excluding tert-OH is 2. The highest BCUT2D eigenvalue weighted by Crippen LogP contribution is 2.69. The average molecular weight is 381 g/mol. The number of carbonyl (C=O) groups excluding carboxylic acids is 2. The minimum atomic E-state index is -2.38. The predicted molar refractivity (Wildman–Crippen MR) is 95.4 cm³/mol. The van der Waals surface area contributed by atoms with Crippen LogP contribution in [0.5, 0.6) is 0 Å². The van der Waals surface area contributed by atoms with E-state index < -0.39 is 70.6 Å². The number of alkyl halides is 1. The molecule has 0 radical (unpaired) electrons. The summed E-state index contributed by atoms with van der Waals surface area (Å²) in [5.41, 5.74) is -7.53.